The lowest BCUT2D eigenvalue weighted by atomic mass is 10.2. The maximum atomic E-state index is 12.2. The summed E-state index contributed by atoms with van der Waals surface area (Å²) >= 11 is 1.66. The van der Waals surface area contributed by atoms with Crippen molar-refractivity contribution in [2.24, 2.45) is 0 Å². The molecular formula is C19H20O2S. The molecule has 0 radical (unpaired) electrons. The van der Waals surface area contributed by atoms with E-state index in [4.69, 9.17) is 4.74 Å². The smallest absolute Gasteiger partial charge is 0.343 e. The number of carbonyl (C=O) groups excluding carboxylic acids is 1. The first-order valence-corrected chi connectivity index (χ1v) is 8.28. The maximum Gasteiger partial charge on any atom is 0.343 e. The minimum atomic E-state index is -0.294. The van der Waals surface area contributed by atoms with Crippen LogP contribution in [0.3, 0.4) is 0 Å². The van der Waals surface area contributed by atoms with E-state index in [1.54, 1.807) is 23.9 Å². The number of benzene rings is 2. The first kappa shape index (κ1) is 16.4. The van der Waals surface area contributed by atoms with Crippen LogP contribution in [-0.4, -0.2) is 5.97 Å². The number of allylic oxidation sites excluding steroid dienone is 2. The van der Waals surface area contributed by atoms with Gasteiger partial charge in [0.15, 0.2) is 0 Å². The average molecular weight is 312 g/mol. The first-order valence-electron chi connectivity index (χ1n) is 7.46. The largest absolute Gasteiger partial charge is 0.427 e. The van der Waals surface area contributed by atoms with Crippen LogP contribution < -0.4 is 0 Å². The standard InChI is InChI=1S/C19H20O2S/c1-3-17(21-19(20)15-11-7-5-8-12-15)18(4-2)22-16-13-9-6-10-14-16/h5-14H,3-4H2,1-2H3/b18-17+. The molecule has 0 aliphatic heterocycles. The van der Waals surface area contributed by atoms with Gasteiger partial charge in [-0.25, -0.2) is 4.79 Å². The molecule has 0 spiro atoms. The van der Waals surface area contributed by atoms with Crippen LogP contribution in [0.1, 0.15) is 37.0 Å². The molecular weight excluding hydrogens is 292 g/mol. The Morgan fingerprint density at radius 1 is 0.909 bits per heavy atom. The summed E-state index contributed by atoms with van der Waals surface area (Å²) in [5, 5.41) is 0. The number of esters is 1. The Morgan fingerprint density at radius 2 is 1.50 bits per heavy atom. The van der Waals surface area contributed by atoms with Gasteiger partial charge in [0.1, 0.15) is 5.76 Å². The van der Waals surface area contributed by atoms with Crippen LogP contribution in [-0.2, 0) is 4.74 Å². The minimum Gasteiger partial charge on any atom is -0.427 e. The van der Waals surface area contributed by atoms with E-state index >= 15 is 0 Å². The Morgan fingerprint density at radius 3 is 2.05 bits per heavy atom. The van der Waals surface area contributed by atoms with E-state index in [1.165, 1.54) is 0 Å². The lowest BCUT2D eigenvalue weighted by Crippen LogP contribution is -2.06. The molecule has 2 rings (SSSR count). The van der Waals surface area contributed by atoms with E-state index in [1.807, 2.05) is 43.3 Å². The fraction of sp³-hybridized carbons (Fsp3) is 0.211. The van der Waals surface area contributed by atoms with Crippen LogP contribution in [0.15, 0.2) is 76.2 Å². The summed E-state index contributed by atoms with van der Waals surface area (Å²) in [7, 11) is 0. The Bertz CT molecular complexity index is 633. The second-order valence-corrected chi connectivity index (χ2v) is 5.89. The molecule has 0 heterocycles. The van der Waals surface area contributed by atoms with Gasteiger partial charge in [-0.2, -0.15) is 0 Å². The van der Waals surface area contributed by atoms with Gasteiger partial charge in [0.25, 0.3) is 0 Å². The average Bonchev–Trinajstić information content (AvgIpc) is 2.59. The van der Waals surface area contributed by atoms with E-state index in [0.29, 0.717) is 12.0 Å². The van der Waals surface area contributed by atoms with Crippen LogP contribution in [0, 0.1) is 0 Å². The van der Waals surface area contributed by atoms with Crippen LogP contribution >= 0.6 is 11.8 Å². The van der Waals surface area contributed by atoms with Crippen molar-refractivity contribution in [1.29, 1.82) is 0 Å². The van der Waals surface area contributed by atoms with Gasteiger partial charge in [0.2, 0.25) is 0 Å². The molecule has 0 aliphatic carbocycles. The van der Waals surface area contributed by atoms with Gasteiger partial charge in [0, 0.05) is 16.2 Å². The number of carbonyl (C=O) groups is 1. The summed E-state index contributed by atoms with van der Waals surface area (Å²) in [5.74, 6) is 0.460. The van der Waals surface area contributed by atoms with E-state index in [2.05, 4.69) is 19.1 Å². The predicted molar refractivity (Wildman–Crippen MR) is 91.8 cm³/mol. The highest BCUT2D eigenvalue weighted by molar-refractivity contribution is 8.03. The van der Waals surface area contributed by atoms with Crippen molar-refractivity contribution in [3.8, 4) is 0 Å². The van der Waals surface area contributed by atoms with Gasteiger partial charge < -0.3 is 4.74 Å². The molecule has 0 N–H and O–H groups in total. The van der Waals surface area contributed by atoms with Crippen molar-refractivity contribution in [2.45, 2.75) is 31.6 Å². The minimum absolute atomic E-state index is 0.294. The Kier molecular flexibility index (Phi) is 6.28. The highest BCUT2D eigenvalue weighted by atomic mass is 32.2. The summed E-state index contributed by atoms with van der Waals surface area (Å²) in [6, 6.07) is 19.2. The van der Waals surface area contributed by atoms with Crippen LogP contribution in [0.4, 0.5) is 0 Å². The van der Waals surface area contributed by atoms with Crippen LogP contribution in [0.5, 0.6) is 0 Å². The molecule has 0 unspecified atom stereocenters. The van der Waals surface area contributed by atoms with Crippen molar-refractivity contribution < 1.29 is 9.53 Å². The van der Waals surface area contributed by atoms with Crippen LogP contribution in [0.2, 0.25) is 0 Å². The third-order valence-corrected chi connectivity index (χ3v) is 4.43. The zero-order valence-electron chi connectivity index (χ0n) is 12.9. The Hall–Kier alpha value is -2.00. The molecule has 2 nitrogen and oxygen atoms in total. The molecule has 0 saturated carbocycles. The molecule has 22 heavy (non-hydrogen) atoms. The topological polar surface area (TPSA) is 26.3 Å². The van der Waals surface area contributed by atoms with Gasteiger partial charge in [0.05, 0.1) is 5.56 Å². The fourth-order valence-corrected chi connectivity index (χ4v) is 3.05. The first-order chi connectivity index (χ1) is 10.7. The predicted octanol–water partition coefficient (Wildman–Crippen LogP) is 5.67. The van der Waals surface area contributed by atoms with Crippen molar-refractivity contribution in [3.05, 3.63) is 76.9 Å². The molecule has 0 bridgehead atoms. The van der Waals surface area contributed by atoms with Gasteiger partial charge in [-0.05, 0) is 30.7 Å². The van der Waals surface area contributed by atoms with Gasteiger partial charge >= 0.3 is 5.97 Å². The molecule has 2 aromatic rings. The number of thioether (sulfide) groups is 1. The number of hydrogen-bond acceptors (Lipinski definition) is 3. The van der Waals surface area contributed by atoms with E-state index in [-0.39, 0.29) is 5.97 Å². The van der Waals surface area contributed by atoms with Gasteiger partial charge in [-0.1, -0.05) is 62.0 Å². The van der Waals surface area contributed by atoms with Crippen molar-refractivity contribution >= 4 is 17.7 Å². The molecule has 0 aromatic heterocycles. The fourth-order valence-electron chi connectivity index (χ4n) is 2.03. The summed E-state index contributed by atoms with van der Waals surface area (Å²) in [6.07, 6.45) is 1.53. The lowest BCUT2D eigenvalue weighted by Gasteiger charge is -2.13. The second kappa shape index (κ2) is 8.44. The number of hydrogen-bond donors (Lipinski definition) is 0. The highest BCUT2D eigenvalue weighted by Gasteiger charge is 2.13. The Labute approximate surface area is 136 Å². The van der Waals surface area contributed by atoms with Crippen molar-refractivity contribution in [2.75, 3.05) is 0 Å². The number of ether oxygens (including phenoxy) is 1. The third-order valence-electron chi connectivity index (χ3n) is 3.16. The highest BCUT2D eigenvalue weighted by Crippen LogP contribution is 2.32. The second-order valence-electron chi connectivity index (χ2n) is 4.72. The van der Waals surface area contributed by atoms with E-state index < -0.39 is 0 Å². The number of rotatable bonds is 6. The van der Waals surface area contributed by atoms with Gasteiger partial charge in [-0.3, -0.25) is 0 Å². The third kappa shape index (κ3) is 4.50. The quantitative estimate of drug-likeness (QED) is 0.391. The normalized spacial score (nSPS) is 11.7. The SMILES string of the molecule is CC/C(OC(=O)c1ccccc1)=C(/CC)Sc1ccccc1. The van der Waals surface area contributed by atoms with E-state index in [9.17, 15) is 4.79 Å². The van der Waals surface area contributed by atoms with E-state index in [0.717, 1.165) is 22.0 Å². The molecule has 0 fully saturated rings. The molecule has 0 atom stereocenters. The maximum absolute atomic E-state index is 12.2. The zero-order chi connectivity index (χ0) is 15.8. The molecule has 114 valence electrons. The van der Waals surface area contributed by atoms with Crippen LogP contribution in [0.25, 0.3) is 0 Å². The lowest BCUT2D eigenvalue weighted by molar-refractivity contribution is 0.0614. The van der Waals surface area contributed by atoms with Crippen molar-refractivity contribution in [1.82, 2.24) is 0 Å². The molecule has 0 saturated heterocycles. The summed E-state index contributed by atoms with van der Waals surface area (Å²) in [4.78, 5) is 14.5. The summed E-state index contributed by atoms with van der Waals surface area (Å²) < 4.78 is 5.63. The molecule has 0 aliphatic rings. The zero-order valence-corrected chi connectivity index (χ0v) is 13.7. The van der Waals surface area contributed by atoms with Gasteiger partial charge in [-0.15, -0.1) is 0 Å². The molecule has 2 aromatic carbocycles. The Balaban J connectivity index is 2.18. The summed E-state index contributed by atoms with van der Waals surface area (Å²) in [5.41, 5.74) is 0.577. The molecule has 0 amide bonds. The monoisotopic (exact) mass is 312 g/mol. The molecule has 3 heteroatoms. The van der Waals surface area contributed by atoms with Crippen molar-refractivity contribution in [3.63, 3.8) is 0 Å². The summed E-state index contributed by atoms with van der Waals surface area (Å²) in [6.45, 7) is 4.09.